The van der Waals surface area contributed by atoms with Crippen molar-refractivity contribution in [3.63, 3.8) is 0 Å². The van der Waals surface area contributed by atoms with Gasteiger partial charge in [-0.15, -0.1) is 0 Å². The Morgan fingerprint density at radius 1 is 1.00 bits per heavy atom. The van der Waals surface area contributed by atoms with Gasteiger partial charge in [0, 0.05) is 24.0 Å². The molecule has 0 bridgehead atoms. The summed E-state index contributed by atoms with van der Waals surface area (Å²) in [6, 6.07) is 13.1. The Hall–Kier alpha value is -2.67. The maximum atomic E-state index is 12.1. The van der Waals surface area contributed by atoms with Crippen LogP contribution in [0.1, 0.15) is 0 Å². The maximum Gasteiger partial charge on any atom is 0.264 e. The van der Waals surface area contributed by atoms with Crippen molar-refractivity contribution in [2.75, 3.05) is 4.72 Å². The molecule has 0 unspecified atom stereocenters. The Balaban J connectivity index is 1.85. The Morgan fingerprint density at radius 2 is 1.71 bits per heavy atom. The molecule has 0 radical (unpaired) electrons. The molecule has 3 aromatic rings. The lowest BCUT2D eigenvalue weighted by atomic mass is 10.2. The first-order valence-electron chi connectivity index (χ1n) is 6.10. The molecule has 0 aliphatic heterocycles. The molecule has 0 spiro atoms. The van der Waals surface area contributed by atoms with E-state index in [0.29, 0.717) is 5.69 Å². The summed E-state index contributed by atoms with van der Waals surface area (Å²) in [5, 5.41) is 3.83. The van der Waals surface area contributed by atoms with Crippen LogP contribution < -0.4 is 4.72 Å². The molecule has 0 saturated carbocycles. The zero-order chi connectivity index (χ0) is 14.7. The maximum absolute atomic E-state index is 12.1. The van der Waals surface area contributed by atoms with Gasteiger partial charge in [-0.05, 0) is 24.3 Å². The number of pyridine rings is 1. The lowest BCUT2D eigenvalue weighted by Crippen LogP contribution is -2.12. The van der Waals surface area contributed by atoms with Gasteiger partial charge in [0.1, 0.15) is 5.69 Å². The van der Waals surface area contributed by atoms with E-state index in [2.05, 4.69) is 14.9 Å². The van der Waals surface area contributed by atoms with Gasteiger partial charge in [-0.3, -0.25) is 4.98 Å². The second-order valence-corrected chi connectivity index (χ2v) is 5.91. The molecule has 2 aromatic heterocycles. The summed E-state index contributed by atoms with van der Waals surface area (Å²) < 4.78 is 31.6. The predicted molar refractivity (Wildman–Crippen MR) is 77.0 cm³/mol. The average molecular weight is 301 g/mol. The average Bonchev–Trinajstić information content (AvgIpc) is 2.97. The highest BCUT2D eigenvalue weighted by Crippen LogP contribution is 2.22. The first kappa shape index (κ1) is 13.3. The Morgan fingerprint density at radius 3 is 2.43 bits per heavy atom. The molecule has 0 aliphatic carbocycles. The first-order chi connectivity index (χ1) is 10.1. The van der Waals surface area contributed by atoms with Gasteiger partial charge in [0.25, 0.3) is 10.0 Å². The summed E-state index contributed by atoms with van der Waals surface area (Å²) >= 11 is 0. The zero-order valence-electron chi connectivity index (χ0n) is 10.8. The van der Waals surface area contributed by atoms with E-state index < -0.39 is 10.0 Å². The minimum Gasteiger partial charge on any atom is -0.337 e. The van der Waals surface area contributed by atoms with E-state index in [9.17, 15) is 8.42 Å². The van der Waals surface area contributed by atoms with Crippen molar-refractivity contribution in [2.24, 2.45) is 0 Å². The molecule has 1 aromatic carbocycles. The van der Waals surface area contributed by atoms with Gasteiger partial charge < -0.3 is 4.52 Å². The minimum atomic E-state index is -3.68. The Kier molecular flexibility index (Phi) is 3.41. The fourth-order valence-electron chi connectivity index (χ4n) is 1.77. The summed E-state index contributed by atoms with van der Waals surface area (Å²) in [4.78, 5) is 4.07. The number of aromatic nitrogens is 2. The Labute approximate surface area is 121 Å². The molecule has 7 heteroatoms. The van der Waals surface area contributed by atoms with Gasteiger partial charge >= 0.3 is 0 Å². The number of nitrogens with one attached hydrogen (secondary N) is 1. The van der Waals surface area contributed by atoms with Crippen molar-refractivity contribution in [1.82, 2.24) is 10.1 Å². The Bertz CT molecular complexity index is 830. The molecule has 0 amide bonds. The molecule has 106 valence electrons. The van der Waals surface area contributed by atoms with Gasteiger partial charge in [0.05, 0.1) is 4.90 Å². The lowest BCUT2D eigenvalue weighted by Gasteiger charge is -2.03. The van der Waals surface area contributed by atoms with Crippen LogP contribution in [-0.4, -0.2) is 18.6 Å². The molecular weight excluding hydrogens is 290 g/mol. The van der Waals surface area contributed by atoms with E-state index >= 15 is 0 Å². The third kappa shape index (κ3) is 2.92. The fourth-order valence-corrected chi connectivity index (χ4v) is 2.77. The number of nitrogens with zero attached hydrogens (tertiary/aromatic N) is 2. The third-order valence-corrected chi connectivity index (χ3v) is 4.14. The van der Waals surface area contributed by atoms with Crippen LogP contribution >= 0.6 is 0 Å². The van der Waals surface area contributed by atoms with E-state index in [4.69, 9.17) is 4.52 Å². The number of rotatable bonds is 4. The molecule has 0 atom stereocenters. The fraction of sp³-hybridized carbons (Fsp3) is 0. The van der Waals surface area contributed by atoms with Crippen molar-refractivity contribution < 1.29 is 12.9 Å². The van der Waals surface area contributed by atoms with Crippen LogP contribution in [0.15, 0.2) is 70.3 Å². The van der Waals surface area contributed by atoms with Gasteiger partial charge in [0.15, 0.2) is 0 Å². The molecule has 0 saturated heterocycles. The number of hydrogen-bond donors (Lipinski definition) is 1. The van der Waals surface area contributed by atoms with E-state index in [-0.39, 0.29) is 10.8 Å². The van der Waals surface area contributed by atoms with Gasteiger partial charge in [-0.2, -0.15) is 0 Å². The van der Waals surface area contributed by atoms with Gasteiger partial charge in [-0.25, -0.2) is 13.1 Å². The predicted octanol–water partition coefficient (Wildman–Crippen LogP) is 2.54. The summed E-state index contributed by atoms with van der Waals surface area (Å²) in [7, 11) is -3.68. The standard InChI is InChI=1S/C14H11N3O3S/c18-21(19,12-4-2-1-3-5-12)17-14-10-13(16-20-14)11-6-8-15-9-7-11/h1-10,17H. The minimum absolute atomic E-state index is 0.0608. The van der Waals surface area contributed by atoms with Crippen molar-refractivity contribution in [3.05, 3.63) is 60.9 Å². The smallest absolute Gasteiger partial charge is 0.264 e. The quantitative estimate of drug-likeness (QED) is 0.800. The number of benzene rings is 1. The second kappa shape index (κ2) is 5.37. The number of anilines is 1. The van der Waals surface area contributed by atoms with Crippen LogP contribution in [0.5, 0.6) is 0 Å². The SMILES string of the molecule is O=S(=O)(Nc1cc(-c2ccncc2)no1)c1ccccc1. The molecular formula is C14H11N3O3S. The largest absolute Gasteiger partial charge is 0.337 e. The van der Waals surface area contributed by atoms with Crippen molar-refractivity contribution in [2.45, 2.75) is 4.90 Å². The first-order valence-corrected chi connectivity index (χ1v) is 7.58. The van der Waals surface area contributed by atoms with Crippen LogP contribution in [-0.2, 0) is 10.0 Å². The van der Waals surface area contributed by atoms with Crippen LogP contribution in [0.25, 0.3) is 11.3 Å². The highest BCUT2D eigenvalue weighted by Gasteiger charge is 2.16. The topological polar surface area (TPSA) is 85.1 Å². The summed E-state index contributed by atoms with van der Waals surface area (Å²) in [6.07, 6.45) is 3.25. The van der Waals surface area contributed by atoms with Gasteiger partial charge in [0.2, 0.25) is 5.88 Å². The number of sulfonamides is 1. The summed E-state index contributed by atoms with van der Waals surface area (Å²) in [5.74, 6) is 0.0608. The van der Waals surface area contributed by atoms with Gasteiger partial charge in [-0.1, -0.05) is 23.4 Å². The molecule has 0 fully saturated rings. The summed E-state index contributed by atoms with van der Waals surface area (Å²) in [6.45, 7) is 0. The normalized spacial score (nSPS) is 11.2. The number of hydrogen-bond acceptors (Lipinski definition) is 5. The molecule has 3 rings (SSSR count). The zero-order valence-corrected chi connectivity index (χ0v) is 11.6. The highest BCUT2D eigenvalue weighted by atomic mass is 32.2. The van der Waals surface area contributed by atoms with Crippen molar-refractivity contribution >= 4 is 15.9 Å². The lowest BCUT2D eigenvalue weighted by molar-refractivity contribution is 0.438. The van der Waals surface area contributed by atoms with Crippen LogP contribution in [0.2, 0.25) is 0 Å². The van der Waals surface area contributed by atoms with Crippen molar-refractivity contribution in [1.29, 1.82) is 0 Å². The van der Waals surface area contributed by atoms with Crippen LogP contribution in [0.3, 0.4) is 0 Å². The molecule has 1 N–H and O–H groups in total. The van der Waals surface area contributed by atoms with E-state index in [1.807, 2.05) is 0 Å². The monoisotopic (exact) mass is 301 g/mol. The van der Waals surface area contributed by atoms with Crippen LogP contribution in [0.4, 0.5) is 5.88 Å². The molecule has 21 heavy (non-hydrogen) atoms. The third-order valence-electron chi connectivity index (χ3n) is 2.77. The van der Waals surface area contributed by atoms with Crippen molar-refractivity contribution in [3.8, 4) is 11.3 Å². The summed E-state index contributed by atoms with van der Waals surface area (Å²) in [5.41, 5.74) is 1.32. The molecule has 0 aliphatic rings. The van der Waals surface area contributed by atoms with E-state index in [1.54, 1.807) is 42.7 Å². The highest BCUT2D eigenvalue weighted by molar-refractivity contribution is 7.92. The van der Waals surface area contributed by atoms with E-state index in [0.717, 1.165) is 5.56 Å². The van der Waals surface area contributed by atoms with Crippen LogP contribution in [0, 0.1) is 0 Å². The molecule has 6 nitrogen and oxygen atoms in total. The molecule has 2 heterocycles. The van der Waals surface area contributed by atoms with E-state index in [1.165, 1.54) is 18.2 Å². The second-order valence-electron chi connectivity index (χ2n) is 4.23.